The highest BCUT2D eigenvalue weighted by Crippen LogP contribution is 2.20. The molecule has 0 aromatic carbocycles. The Labute approximate surface area is 261 Å². The number of carboxylic acids is 1. The summed E-state index contributed by atoms with van der Waals surface area (Å²) in [5, 5.41) is 9.60. The van der Waals surface area contributed by atoms with Crippen LogP contribution in [0.1, 0.15) is 194 Å². The lowest BCUT2D eigenvalue weighted by Gasteiger charge is -2.12. The lowest BCUT2D eigenvalue weighted by atomic mass is 10.0. The SMILES string of the molecule is CCCCCCCCCCCCCCCCSCC(CSCCCCCCCCCCCCCCCC)C(=O)O. The van der Waals surface area contributed by atoms with E-state index in [1.807, 2.05) is 23.5 Å². The van der Waals surface area contributed by atoms with Gasteiger partial charge < -0.3 is 5.11 Å². The molecule has 0 heterocycles. The van der Waals surface area contributed by atoms with E-state index in [2.05, 4.69) is 13.8 Å². The Morgan fingerprint density at radius 2 is 0.650 bits per heavy atom. The summed E-state index contributed by atoms with van der Waals surface area (Å²) in [6, 6.07) is 0. The molecule has 0 saturated carbocycles. The van der Waals surface area contributed by atoms with Crippen LogP contribution in [0.3, 0.4) is 0 Å². The molecule has 0 fully saturated rings. The second kappa shape index (κ2) is 35.4. The minimum absolute atomic E-state index is 0.173. The Bertz CT molecular complexity index is 449. The molecule has 0 rings (SSSR count). The molecule has 0 bridgehead atoms. The molecule has 240 valence electrons. The zero-order valence-electron chi connectivity index (χ0n) is 27.4. The minimum Gasteiger partial charge on any atom is -0.481 e. The summed E-state index contributed by atoms with van der Waals surface area (Å²) in [5.41, 5.74) is 0. The fourth-order valence-electron chi connectivity index (χ4n) is 5.44. The van der Waals surface area contributed by atoms with Gasteiger partial charge >= 0.3 is 5.97 Å². The summed E-state index contributed by atoms with van der Waals surface area (Å²) < 4.78 is 0. The molecule has 0 spiro atoms. The van der Waals surface area contributed by atoms with Gasteiger partial charge in [0.2, 0.25) is 0 Å². The van der Waals surface area contributed by atoms with Crippen molar-refractivity contribution in [2.45, 2.75) is 194 Å². The van der Waals surface area contributed by atoms with Crippen molar-refractivity contribution in [2.75, 3.05) is 23.0 Å². The largest absolute Gasteiger partial charge is 0.481 e. The van der Waals surface area contributed by atoms with Crippen LogP contribution in [0.2, 0.25) is 0 Å². The molecular weight excluding hydrogens is 529 g/mol. The first-order valence-corrected chi connectivity index (χ1v) is 20.4. The van der Waals surface area contributed by atoms with E-state index in [-0.39, 0.29) is 5.92 Å². The summed E-state index contributed by atoms with van der Waals surface area (Å²) in [6.07, 6.45) is 39.0. The number of hydrogen-bond donors (Lipinski definition) is 1. The number of thioether (sulfide) groups is 2. The first-order valence-electron chi connectivity index (χ1n) is 18.1. The van der Waals surface area contributed by atoms with Gasteiger partial charge in [-0.05, 0) is 24.3 Å². The van der Waals surface area contributed by atoms with Gasteiger partial charge in [0.15, 0.2) is 0 Å². The Morgan fingerprint density at radius 3 is 0.875 bits per heavy atom. The second-order valence-electron chi connectivity index (χ2n) is 12.4. The van der Waals surface area contributed by atoms with Gasteiger partial charge in [0.1, 0.15) is 0 Å². The Balaban J connectivity index is 3.37. The fraction of sp³-hybridized carbons (Fsp3) is 0.972. The predicted molar refractivity (Wildman–Crippen MR) is 186 cm³/mol. The zero-order chi connectivity index (χ0) is 29.2. The number of unbranched alkanes of at least 4 members (excludes halogenated alkanes) is 26. The van der Waals surface area contributed by atoms with E-state index < -0.39 is 5.97 Å². The van der Waals surface area contributed by atoms with Crippen molar-refractivity contribution in [3.8, 4) is 0 Å². The minimum atomic E-state index is -0.595. The highest BCUT2D eigenvalue weighted by molar-refractivity contribution is 8.00. The first kappa shape index (κ1) is 40.2. The van der Waals surface area contributed by atoms with E-state index in [0.29, 0.717) is 0 Å². The molecule has 0 atom stereocenters. The third kappa shape index (κ3) is 32.7. The Morgan fingerprint density at radius 1 is 0.425 bits per heavy atom. The maximum absolute atomic E-state index is 11.7. The van der Waals surface area contributed by atoms with Crippen LogP contribution in [0, 0.1) is 5.92 Å². The number of aliphatic carboxylic acids is 1. The molecule has 0 saturated heterocycles. The van der Waals surface area contributed by atoms with E-state index in [4.69, 9.17) is 0 Å². The lowest BCUT2D eigenvalue weighted by Crippen LogP contribution is -2.19. The van der Waals surface area contributed by atoms with E-state index in [0.717, 1.165) is 23.0 Å². The van der Waals surface area contributed by atoms with Crippen LogP contribution >= 0.6 is 23.5 Å². The molecule has 0 aromatic rings. The molecule has 0 aliphatic rings. The highest BCUT2D eigenvalue weighted by atomic mass is 32.2. The van der Waals surface area contributed by atoms with Crippen molar-refractivity contribution in [3.05, 3.63) is 0 Å². The lowest BCUT2D eigenvalue weighted by molar-refractivity contribution is -0.140. The zero-order valence-corrected chi connectivity index (χ0v) is 29.0. The molecular formula is C36H72O2S2. The molecule has 4 heteroatoms. The molecule has 0 radical (unpaired) electrons. The number of carboxylic acid groups (broad SMARTS) is 1. The van der Waals surface area contributed by atoms with Gasteiger partial charge in [-0.1, -0.05) is 181 Å². The first-order chi connectivity index (χ1) is 19.7. The maximum atomic E-state index is 11.7. The molecule has 0 aliphatic heterocycles. The van der Waals surface area contributed by atoms with Crippen molar-refractivity contribution in [3.63, 3.8) is 0 Å². The van der Waals surface area contributed by atoms with Gasteiger partial charge in [0, 0.05) is 11.5 Å². The van der Waals surface area contributed by atoms with Crippen LogP contribution in [0.4, 0.5) is 0 Å². The fourth-order valence-corrected chi connectivity index (χ4v) is 7.83. The van der Waals surface area contributed by atoms with Crippen LogP contribution in [-0.2, 0) is 4.79 Å². The van der Waals surface area contributed by atoms with Crippen molar-refractivity contribution in [1.29, 1.82) is 0 Å². The smallest absolute Gasteiger partial charge is 0.308 e. The topological polar surface area (TPSA) is 37.3 Å². The summed E-state index contributed by atoms with van der Waals surface area (Å²) in [7, 11) is 0. The van der Waals surface area contributed by atoms with Gasteiger partial charge in [-0.2, -0.15) is 23.5 Å². The standard InChI is InChI=1S/C36H72O2S2/c1-3-5-7-9-11-13-15-17-19-21-23-25-27-29-31-39-33-35(36(37)38)34-40-32-30-28-26-24-22-20-18-16-14-12-10-8-6-4-2/h35H,3-34H2,1-2H3,(H,37,38). The van der Waals surface area contributed by atoms with Crippen LogP contribution in [0.15, 0.2) is 0 Å². The summed E-state index contributed by atoms with van der Waals surface area (Å²) in [5.74, 6) is 3.07. The molecule has 2 nitrogen and oxygen atoms in total. The average molecular weight is 601 g/mol. The van der Waals surface area contributed by atoms with Gasteiger partial charge in [-0.3, -0.25) is 4.79 Å². The normalized spacial score (nSPS) is 11.6. The molecule has 0 aromatic heterocycles. The third-order valence-electron chi connectivity index (χ3n) is 8.27. The van der Waals surface area contributed by atoms with Gasteiger partial charge in [-0.25, -0.2) is 0 Å². The van der Waals surface area contributed by atoms with Crippen LogP contribution in [0.25, 0.3) is 0 Å². The van der Waals surface area contributed by atoms with Crippen molar-refractivity contribution < 1.29 is 9.90 Å². The second-order valence-corrected chi connectivity index (χ2v) is 14.7. The Hall–Kier alpha value is 0.170. The van der Waals surface area contributed by atoms with Crippen LogP contribution in [0.5, 0.6) is 0 Å². The van der Waals surface area contributed by atoms with Crippen molar-refractivity contribution in [2.24, 2.45) is 5.92 Å². The molecule has 0 aliphatic carbocycles. The quantitative estimate of drug-likeness (QED) is 0.0734. The van der Waals surface area contributed by atoms with Crippen molar-refractivity contribution >= 4 is 29.5 Å². The summed E-state index contributed by atoms with van der Waals surface area (Å²) in [6.45, 7) is 4.58. The van der Waals surface area contributed by atoms with Gasteiger partial charge in [-0.15, -0.1) is 0 Å². The number of rotatable bonds is 35. The van der Waals surface area contributed by atoms with Gasteiger partial charge in [0.25, 0.3) is 0 Å². The van der Waals surface area contributed by atoms with E-state index in [1.54, 1.807) is 0 Å². The maximum Gasteiger partial charge on any atom is 0.308 e. The summed E-state index contributed by atoms with van der Waals surface area (Å²) >= 11 is 3.74. The van der Waals surface area contributed by atoms with Crippen LogP contribution in [-0.4, -0.2) is 34.1 Å². The van der Waals surface area contributed by atoms with E-state index in [1.165, 1.54) is 180 Å². The monoisotopic (exact) mass is 600 g/mol. The molecule has 0 unspecified atom stereocenters. The summed E-state index contributed by atoms with van der Waals surface area (Å²) in [4.78, 5) is 11.7. The van der Waals surface area contributed by atoms with Crippen molar-refractivity contribution in [1.82, 2.24) is 0 Å². The molecule has 0 amide bonds. The number of hydrogen-bond acceptors (Lipinski definition) is 3. The van der Waals surface area contributed by atoms with E-state index >= 15 is 0 Å². The van der Waals surface area contributed by atoms with Gasteiger partial charge in [0.05, 0.1) is 5.92 Å². The Kier molecular flexibility index (Phi) is 35.5. The third-order valence-corrected chi connectivity index (χ3v) is 10.7. The average Bonchev–Trinajstić information content (AvgIpc) is 2.95. The predicted octanol–water partition coefficient (Wildman–Crippen LogP) is 13.1. The molecule has 40 heavy (non-hydrogen) atoms. The molecule has 1 N–H and O–H groups in total. The number of carbonyl (C=O) groups is 1. The highest BCUT2D eigenvalue weighted by Gasteiger charge is 2.17. The van der Waals surface area contributed by atoms with E-state index in [9.17, 15) is 9.90 Å². The van der Waals surface area contributed by atoms with Crippen LogP contribution < -0.4 is 0 Å².